The van der Waals surface area contributed by atoms with Crippen molar-refractivity contribution in [2.75, 3.05) is 36.5 Å². The minimum atomic E-state index is -0.632. The maximum absolute atomic E-state index is 12.5. The van der Waals surface area contributed by atoms with Gasteiger partial charge in [-0.3, -0.25) is 9.59 Å². The number of morpholine rings is 1. The summed E-state index contributed by atoms with van der Waals surface area (Å²) in [4.78, 5) is 27.4. The minimum absolute atomic E-state index is 0.237. The molecular formula is C18H21N3O3S. The van der Waals surface area contributed by atoms with Crippen molar-refractivity contribution >= 4 is 34.5 Å². The molecule has 0 aliphatic carbocycles. The Hall–Kier alpha value is -2.38. The Morgan fingerprint density at radius 1 is 1.16 bits per heavy atom. The number of carbonyl (C=O) groups excluding carboxylic acids is 2. The summed E-state index contributed by atoms with van der Waals surface area (Å²) < 4.78 is 5.38. The normalized spacial score (nSPS) is 15.5. The van der Waals surface area contributed by atoms with Crippen molar-refractivity contribution in [1.82, 2.24) is 5.32 Å². The van der Waals surface area contributed by atoms with E-state index < -0.39 is 6.04 Å². The molecule has 1 saturated heterocycles. The number of ether oxygens (including phenoxy) is 1. The predicted octanol–water partition coefficient (Wildman–Crippen LogP) is 2.34. The van der Waals surface area contributed by atoms with E-state index in [1.807, 2.05) is 35.7 Å². The van der Waals surface area contributed by atoms with Gasteiger partial charge in [0.2, 0.25) is 5.91 Å². The Kier molecular flexibility index (Phi) is 5.67. The van der Waals surface area contributed by atoms with Crippen LogP contribution in [0.2, 0.25) is 0 Å². The first kappa shape index (κ1) is 17.4. The minimum Gasteiger partial charge on any atom is -0.378 e. The summed E-state index contributed by atoms with van der Waals surface area (Å²) in [6.07, 6.45) is 0. The lowest BCUT2D eigenvalue weighted by Gasteiger charge is -2.30. The zero-order valence-electron chi connectivity index (χ0n) is 14.0. The van der Waals surface area contributed by atoms with Gasteiger partial charge < -0.3 is 20.3 Å². The molecule has 2 amide bonds. The lowest BCUT2D eigenvalue weighted by atomic mass is 10.2. The number of amides is 2. The number of hydrogen-bond acceptors (Lipinski definition) is 5. The van der Waals surface area contributed by atoms with E-state index in [1.54, 1.807) is 13.0 Å². The van der Waals surface area contributed by atoms with E-state index >= 15 is 0 Å². The van der Waals surface area contributed by atoms with Gasteiger partial charge >= 0.3 is 0 Å². The lowest BCUT2D eigenvalue weighted by Crippen LogP contribution is -2.42. The zero-order valence-corrected chi connectivity index (χ0v) is 14.8. The predicted molar refractivity (Wildman–Crippen MR) is 99.4 cm³/mol. The third-order valence-corrected chi connectivity index (χ3v) is 4.87. The molecule has 1 aliphatic heterocycles. The molecule has 1 fully saturated rings. The average molecular weight is 359 g/mol. The van der Waals surface area contributed by atoms with Gasteiger partial charge in [0.15, 0.2) is 0 Å². The maximum Gasteiger partial charge on any atom is 0.261 e. The number of carbonyl (C=O) groups is 2. The Bertz CT molecular complexity index is 727. The number of benzene rings is 1. The average Bonchev–Trinajstić information content (AvgIpc) is 3.17. The fraction of sp³-hybridized carbons (Fsp3) is 0.333. The van der Waals surface area contributed by atoms with Crippen LogP contribution < -0.4 is 15.5 Å². The quantitative estimate of drug-likeness (QED) is 0.860. The van der Waals surface area contributed by atoms with Gasteiger partial charge in [0.1, 0.15) is 6.04 Å². The van der Waals surface area contributed by atoms with Crippen LogP contribution in [0.5, 0.6) is 0 Å². The van der Waals surface area contributed by atoms with Crippen LogP contribution in [-0.4, -0.2) is 44.2 Å². The first-order valence-electron chi connectivity index (χ1n) is 8.22. The molecule has 132 valence electrons. The van der Waals surface area contributed by atoms with Crippen LogP contribution in [0.4, 0.5) is 11.4 Å². The number of nitrogens with zero attached hydrogens (tertiary/aromatic N) is 1. The van der Waals surface area contributed by atoms with Gasteiger partial charge in [0.05, 0.1) is 29.5 Å². The fourth-order valence-corrected chi connectivity index (χ4v) is 3.27. The molecule has 3 rings (SSSR count). The van der Waals surface area contributed by atoms with Crippen LogP contribution in [0.1, 0.15) is 16.6 Å². The molecule has 0 radical (unpaired) electrons. The summed E-state index contributed by atoms with van der Waals surface area (Å²) in [5.74, 6) is -0.482. The highest BCUT2D eigenvalue weighted by Gasteiger charge is 2.20. The second-order valence-corrected chi connectivity index (χ2v) is 6.73. The summed E-state index contributed by atoms with van der Waals surface area (Å²) in [6, 6.07) is 10.6. The SMILES string of the molecule is CC(NC(=O)c1cccs1)C(=O)Nc1ccccc1N1CCOCC1. The molecule has 1 aliphatic rings. The second-order valence-electron chi connectivity index (χ2n) is 5.78. The summed E-state index contributed by atoms with van der Waals surface area (Å²) in [5.41, 5.74) is 1.71. The van der Waals surface area contributed by atoms with Crippen molar-refractivity contribution in [2.24, 2.45) is 0 Å². The van der Waals surface area contributed by atoms with Crippen molar-refractivity contribution < 1.29 is 14.3 Å². The third kappa shape index (κ3) is 4.37. The molecule has 6 nitrogen and oxygen atoms in total. The number of rotatable bonds is 5. The largest absolute Gasteiger partial charge is 0.378 e. The zero-order chi connectivity index (χ0) is 17.6. The Balaban J connectivity index is 1.65. The molecule has 2 aromatic rings. The molecule has 1 aromatic carbocycles. The van der Waals surface area contributed by atoms with E-state index in [-0.39, 0.29) is 11.8 Å². The topological polar surface area (TPSA) is 70.7 Å². The van der Waals surface area contributed by atoms with Crippen molar-refractivity contribution in [3.8, 4) is 0 Å². The highest BCUT2D eigenvalue weighted by atomic mass is 32.1. The standard InChI is InChI=1S/C18H21N3O3S/c1-13(19-18(23)16-7-4-12-25-16)17(22)20-14-5-2-3-6-15(14)21-8-10-24-11-9-21/h2-7,12-13H,8-11H2,1H3,(H,19,23)(H,20,22). The van der Waals surface area contributed by atoms with Crippen molar-refractivity contribution in [1.29, 1.82) is 0 Å². The van der Waals surface area contributed by atoms with E-state index in [0.717, 1.165) is 24.5 Å². The van der Waals surface area contributed by atoms with Gasteiger partial charge in [0.25, 0.3) is 5.91 Å². The van der Waals surface area contributed by atoms with Crippen LogP contribution in [0.3, 0.4) is 0 Å². The highest BCUT2D eigenvalue weighted by molar-refractivity contribution is 7.12. The van der Waals surface area contributed by atoms with E-state index in [9.17, 15) is 9.59 Å². The van der Waals surface area contributed by atoms with Crippen molar-refractivity contribution in [3.63, 3.8) is 0 Å². The van der Waals surface area contributed by atoms with Crippen LogP contribution in [0, 0.1) is 0 Å². The highest BCUT2D eigenvalue weighted by Crippen LogP contribution is 2.26. The number of anilines is 2. The summed E-state index contributed by atoms with van der Waals surface area (Å²) >= 11 is 1.35. The molecular weight excluding hydrogens is 338 g/mol. The molecule has 1 atom stereocenters. The third-order valence-electron chi connectivity index (χ3n) is 4.00. The molecule has 0 spiro atoms. The molecule has 25 heavy (non-hydrogen) atoms. The number of nitrogens with one attached hydrogen (secondary N) is 2. The van der Waals surface area contributed by atoms with Gasteiger partial charge in [-0.1, -0.05) is 18.2 Å². The first-order valence-corrected chi connectivity index (χ1v) is 9.10. The van der Waals surface area contributed by atoms with Crippen LogP contribution in [0.25, 0.3) is 0 Å². The van der Waals surface area contributed by atoms with Gasteiger partial charge in [-0.2, -0.15) is 0 Å². The molecule has 0 saturated carbocycles. The summed E-state index contributed by atoms with van der Waals surface area (Å²) in [7, 11) is 0. The second kappa shape index (κ2) is 8.13. The lowest BCUT2D eigenvalue weighted by molar-refractivity contribution is -0.117. The number of hydrogen-bond donors (Lipinski definition) is 2. The van der Waals surface area contributed by atoms with Crippen LogP contribution >= 0.6 is 11.3 Å². The molecule has 2 N–H and O–H groups in total. The van der Waals surface area contributed by atoms with E-state index in [4.69, 9.17) is 4.74 Å². The van der Waals surface area contributed by atoms with Crippen molar-refractivity contribution in [2.45, 2.75) is 13.0 Å². The van der Waals surface area contributed by atoms with Crippen molar-refractivity contribution in [3.05, 3.63) is 46.7 Å². The Labute approximate surface area is 150 Å². The van der Waals surface area contributed by atoms with Gasteiger partial charge in [-0.15, -0.1) is 11.3 Å². The Morgan fingerprint density at radius 2 is 1.92 bits per heavy atom. The van der Waals surface area contributed by atoms with E-state index in [0.29, 0.717) is 18.1 Å². The first-order chi connectivity index (χ1) is 12.1. The maximum atomic E-state index is 12.5. The monoisotopic (exact) mass is 359 g/mol. The fourth-order valence-electron chi connectivity index (χ4n) is 2.64. The number of thiophene rings is 1. The molecule has 1 aromatic heterocycles. The molecule has 7 heteroatoms. The Morgan fingerprint density at radius 3 is 2.64 bits per heavy atom. The van der Waals surface area contributed by atoms with Gasteiger partial charge in [0, 0.05) is 13.1 Å². The molecule has 0 bridgehead atoms. The molecule has 2 heterocycles. The summed E-state index contributed by atoms with van der Waals surface area (Å²) in [6.45, 7) is 4.61. The summed E-state index contributed by atoms with van der Waals surface area (Å²) in [5, 5.41) is 7.48. The van der Waals surface area contributed by atoms with E-state index in [2.05, 4.69) is 15.5 Å². The van der Waals surface area contributed by atoms with Crippen LogP contribution in [0.15, 0.2) is 41.8 Å². The smallest absolute Gasteiger partial charge is 0.261 e. The van der Waals surface area contributed by atoms with Gasteiger partial charge in [-0.25, -0.2) is 0 Å². The van der Waals surface area contributed by atoms with Crippen LogP contribution in [-0.2, 0) is 9.53 Å². The number of para-hydroxylation sites is 2. The van der Waals surface area contributed by atoms with Gasteiger partial charge in [-0.05, 0) is 30.5 Å². The van der Waals surface area contributed by atoms with E-state index in [1.165, 1.54) is 11.3 Å². The molecule has 1 unspecified atom stereocenters.